The van der Waals surface area contributed by atoms with Crippen molar-refractivity contribution in [3.63, 3.8) is 0 Å². The number of benzene rings is 2. The number of fused-ring (bicyclic) bond motifs is 2. The minimum Gasteiger partial charge on any atom is -0.481 e. The van der Waals surface area contributed by atoms with E-state index in [0.717, 1.165) is 81.0 Å². The van der Waals surface area contributed by atoms with Crippen LogP contribution in [0.1, 0.15) is 122 Å². The number of hydrogen-bond donors (Lipinski definition) is 4. The highest BCUT2D eigenvalue weighted by molar-refractivity contribution is 14.1. The van der Waals surface area contributed by atoms with Crippen molar-refractivity contribution < 1.29 is 50.3 Å². The zero-order valence-corrected chi connectivity index (χ0v) is 50.9. The Bertz CT molecular complexity index is 2510. The highest BCUT2D eigenvalue weighted by Crippen LogP contribution is 2.55. The van der Waals surface area contributed by atoms with E-state index in [1.807, 2.05) is 60.4 Å². The van der Waals surface area contributed by atoms with E-state index in [2.05, 4.69) is 160 Å². The number of carboxylic acids is 2. The summed E-state index contributed by atoms with van der Waals surface area (Å²) in [4.78, 5) is 24.4. The lowest BCUT2D eigenvalue weighted by Gasteiger charge is -2.34. The number of carbonyl (C=O) groups is 2. The largest absolute Gasteiger partial charge is 0.481 e. The first-order valence-electron chi connectivity index (χ1n) is 21.3. The second kappa shape index (κ2) is 25.4. The molecule has 4 N–H and O–H groups in total. The van der Waals surface area contributed by atoms with Crippen LogP contribution in [0.3, 0.4) is 0 Å². The van der Waals surface area contributed by atoms with Crippen LogP contribution in [0.4, 0.5) is 11.4 Å². The molecule has 0 saturated heterocycles. The second-order valence-corrected chi connectivity index (χ2v) is 26.5. The monoisotopic (exact) mass is 1610 g/mol. The Hall–Kier alpha value is 0.0100. The third kappa shape index (κ3) is 14.8. The number of hydrogen-bond acceptors (Lipinski definition) is 7. The summed E-state index contributed by atoms with van der Waals surface area (Å²) in [6.45, 7) is 6.62. The molecular weight excluding hydrogens is 1550 g/mol. The smallest absolute Gasteiger partial charge is 0.303 e. The molecule has 3 atom stereocenters. The molecule has 3 unspecified atom stereocenters. The van der Waals surface area contributed by atoms with Crippen LogP contribution in [0.15, 0.2) is 60.4 Å². The predicted octanol–water partition coefficient (Wildman–Crippen LogP) is 12.8. The molecule has 0 amide bonds. The molecule has 0 aliphatic carbocycles. The molecule has 0 fully saturated rings. The van der Waals surface area contributed by atoms with E-state index in [1.54, 1.807) is 0 Å². The van der Waals surface area contributed by atoms with Crippen molar-refractivity contribution in [3.05, 3.63) is 92.9 Å². The van der Waals surface area contributed by atoms with Gasteiger partial charge < -0.3 is 15.1 Å². The van der Waals surface area contributed by atoms with Crippen LogP contribution in [0.2, 0.25) is 0 Å². The maximum absolute atomic E-state index is 13.3. The first-order chi connectivity index (χ1) is 30.4. The number of carboxylic acid groups (broad SMARTS) is 2. The van der Waals surface area contributed by atoms with E-state index in [4.69, 9.17) is 0 Å². The molecule has 12 nitrogen and oxygen atoms in total. The van der Waals surface area contributed by atoms with Gasteiger partial charge in [0.15, 0.2) is 11.1 Å². The summed E-state index contributed by atoms with van der Waals surface area (Å²) in [5.74, 6) is -2.05. The maximum atomic E-state index is 13.3. The standard InChI is InChI=1S/C45H54I6N2O10S2/c1-4-5-20-35(65(61,62)63)53-32-28-30(47)41(49)43(51)39(32)45(3,24-16-10-14-22-37(56)57)34(53)19-12-8-6-7-11-18-33-44(2,23-15-9-13-21-36(54)55)38-31(27-29(46)40(48)42(38)50)52(33)25-17-26-64(58,59)60/h6-8,11-12,18-19,27-28,35H,4-5,9-10,13-17,20-26H2,1-3H3,(H3-,54,55,56,57,58,59,60,61,62,63)/p+1. The molecule has 358 valence electrons. The molecule has 0 saturated carbocycles. The Labute approximate surface area is 465 Å². The van der Waals surface area contributed by atoms with E-state index in [0.29, 0.717) is 45.1 Å². The zero-order chi connectivity index (χ0) is 48.5. The van der Waals surface area contributed by atoms with Crippen molar-refractivity contribution in [2.45, 2.75) is 127 Å². The van der Waals surface area contributed by atoms with Crippen molar-refractivity contribution >= 4 is 185 Å². The Balaban J connectivity index is 1.80. The Morgan fingerprint density at radius 3 is 1.80 bits per heavy atom. The fourth-order valence-electron chi connectivity index (χ4n) is 8.84. The van der Waals surface area contributed by atoms with E-state index in [-0.39, 0.29) is 31.4 Å². The van der Waals surface area contributed by atoms with Crippen LogP contribution in [-0.4, -0.2) is 76.1 Å². The lowest BCUT2D eigenvalue weighted by molar-refractivity contribution is -0.437. The molecule has 2 aliphatic rings. The number of allylic oxidation sites excluding steroid dienone is 8. The zero-order valence-electron chi connectivity index (χ0n) is 36.3. The Morgan fingerprint density at radius 1 is 0.708 bits per heavy atom. The van der Waals surface area contributed by atoms with Crippen LogP contribution in [-0.2, 0) is 40.7 Å². The highest BCUT2D eigenvalue weighted by atomic mass is 127. The van der Waals surface area contributed by atoms with Crippen LogP contribution >= 0.6 is 136 Å². The molecule has 2 heterocycles. The molecule has 65 heavy (non-hydrogen) atoms. The van der Waals surface area contributed by atoms with Gasteiger partial charge in [-0.2, -0.15) is 21.4 Å². The number of rotatable bonds is 25. The number of nitrogens with zero attached hydrogens (tertiary/aromatic N) is 2. The van der Waals surface area contributed by atoms with E-state index in [1.165, 1.54) is 0 Å². The van der Waals surface area contributed by atoms with Gasteiger partial charge in [0.1, 0.15) is 6.54 Å². The molecule has 2 aromatic rings. The number of halogens is 6. The molecule has 0 aromatic heterocycles. The van der Waals surface area contributed by atoms with Gasteiger partial charge in [0.2, 0.25) is 5.69 Å². The minimum atomic E-state index is -4.55. The molecule has 2 aliphatic heterocycles. The Morgan fingerprint density at radius 2 is 1.25 bits per heavy atom. The van der Waals surface area contributed by atoms with Gasteiger partial charge in [-0.25, -0.2) is 0 Å². The lowest BCUT2D eigenvalue weighted by Crippen LogP contribution is -2.41. The van der Waals surface area contributed by atoms with Crippen molar-refractivity contribution in [3.8, 4) is 0 Å². The van der Waals surface area contributed by atoms with Crippen molar-refractivity contribution in [1.82, 2.24) is 0 Å². The van der Waals surface area contributed by atoms with Crippen LogP contribution < -0.4 is 4.90 Å². The van der Waals surface area contributed by atoms with Gasteiger partial charge in [-0.3, -0.25) is 18.7 Å². The molecule has 0 bridgehead atoms. The van der Waals surface area contributed by atoms with Crippen molar-refractivity contribution in [1.29, 1.82) is 0 Å². The summed E-state index contributed by atoms with van der Waals surface area (Å²) in [7, 11) is -8.73. The van der Waals surface area contributed by atoms with Gasteiger partial charge >= 0.3 is 11.9 Å². The highest BCUT2D eigenvalue weighted by Gasteiger charge is 2.51. The molecule has 0 radical (unpaired) electrons. The van der Waals surface area contributed by atoms with Crippen LogP contribution in [0.5, 0.6) is 0 Å². The summed E-state index contributed by atoms with van der Waals surface area (Å²) in [5.41, 5.74) is 4.39. The van der Waals surface area contributed by atoms with Gasteiger partial charge in [0, 0.05) is 75.2 Å². The molecule has 2 aromatic carbocycles. The molecular formula is C45H55I6N2O10S2+. The summed E-state index contributed by atoms with van der Waals surface area (Å²) >= 11 is 14.0. The topological polar surface area (TPSA) is 190 Å². The van der Waals surface area contributed by atoms with Gasteiger partial charge in [-0.05, 0) is 194 Å². The van der Waals surface area contributed by atoms with Crippen LogP contribution in [0, 0.1) is 21.4 Å². The van der Waals surface area contributed by atoms with Crippen molar-refractivity contribution in [2.75, 3.05) is 17.2 Å². The van der Waals surface area contributed by atoms with Crippen LogP contribution in [0.25, 0.3) is 0 Å². The summed E-state index contributed by atoms with van der Waals surface area (Å²) in [5, 5.41) is 17.3. The van der Waals surface area contributed by atoms with E-state index < -0.39 is 48.4 Å². The predicted molar refractivity (Wildman–Crippen MR) is 309 cm³/mol. The third-order valence-corrected chi connectivity index (χ3v) is 24.1. The Kier molecular flexibility index (Phi) is 22.5. The number of anilines is 1. The van der Waals surface area contributed by atoms with Gasteiger partial charge in [-0.15, -0.1) is 0 Å². The second-order valence-electron chi connectivity index (χ2n) is 16.7. The van der Waals surface area contributed by atoms with Gasteiger partial charge in [-0.1, -0.05) is 75.8 Å². The maximum Gasteiger partial charge on any atom is 0.303 e. The van der Waals surface area contributed by atoms with E-state index >= 15 is 0 Å². The summed E-state index contributed by atoms with van der Waals surface area (Å²) in [6, 6.07) is 4.12. The first-order valence-corrected chi connectivity index (χ1v) is 30.9. The average molecular weight is 1610 g/mol. The molecule has 0 spiro atoms. The van der Waals surface area contributed by atoms with Crippen molar-refractivity contribution in [2.24, 2.45) is 0 Å². The molecule has 4 rings (SSSR count). The summed E-state index contributed by atoms with van der Waals surface area (Å²) in [6.07, 6.45) is 20.7. The van der Waals surface area contributed by atoms with E-state index in [9.17, 15) is 45.7 Å². The van der Waals surface area contributed by atoms with Gasteiger partial charge in [0.25, 0.3) is 20.2 Å². The third-order valence-electron chi connectivity index (χ3n) is 11.9. The quantitative estimate of drug-likeness (QED) is 0.0185. The number of aliphatic carboxylic acids is 2. The average Bonchev–Trinajstić information content (AvgIpc) is 3.57. The van der Waals surface area contributed by atoms with Gasteiger partial charge in [0.05, 0.1) is 16.7 Å². The normalized spacial score (nSPS) is 20.0. The minimum absolute atomic E-state index is 0.0747. The fourth-order valence-corrected chi connectivity index (χ4v) is 15.6. The lowest BCUT2D eigenvalue weighted by atomic mass is 9.75. The summed E-state index contributed by atoms with van der Waals surface area (Å²) < 4.78 is 79.0. The SMILES string of the molecule is CCCCC(N1\C(=C/C=C/C=C/C=C/C2=[N+](CCCS(=O)(=O)O)c3cc(I)c(I)c(I)c3C2(C)CCCCCC(=O)O)C(C)(CCCCCC(=O)O)c2c1cc(I)c(I)c2I)S(=O)(=O)O. The fraction of sp³-hybridized carbons (Fsp3) is 0.489. The molecule has 20 heteroatoms. The first kappa shape index (κ1) is 57.6. The number of unbranched alkanes of at least 4 members (excludes halogenated alkanes) is 5.